The minimum absolute atomic E-state index is 0.306. The van der Waals surface area contributed by atoms with Gasteiger partial charge in [-0.25, -0.2) is 8.42 Å². The van der Waals surface area contributed by atoms with E-state index in [1.54, 1.807) is 12.1 Å². The average molecular weight is 331 g/mol. The molecule has 0 unspecified atom stereocenters. The van der Waals surface area contributed by atoms with Crippen molar-refractivity contribution in [1.82, 2.24) is 4.31 Å². The van der Waals surface area contributed by atoms with Gasteiger partial charge in [0.05, 0.1) is 17.0 Å². The van der Waals surface area contributed by atoms with Crippen LogP contribution < -0.4 is 0 Å². The molecule has 1 saturated heterocycles. The van der Waals surface area contributed by atoms with E-state index < -0.39 is 16.1 Å². The van der Waals surface area contributed by atoms with Gasteiger partial charge in [0, 0.05) is 6.54 Å². The molecule has 2 aromatic carbocycles. The molecule has 1 N–H and O–H groups in total. The van der Waals surface area contributed by atoms with Crippen LogP contribution >= 0.6 is 0 Å². The standard InChI is InChI=1S/C18H21NO3S/c1-14-7-9-17(10-8-14)23(21,22)19-12-11-16(20)13-18(19)15-5-3-2-4-6-15/h2-10,16,18,20H,11-13H2,1H3/t16-,18-/m0/s1. The summed E-state index contributed by atoms with van der Waals surface area (Å²) >= 11 is 0. The van der Waals surface area contributed by atoms with Gasteiger partial charge in [0.2, 0.25) is 10.0 Å². The van der Waals surface area contributed by atoms with Crippen molar-refractivity contribution in [1.29, 1.82) is 0 Å². The first-order valence-electron chi connectivity index (χ1n) is 7.80. The highest BCUT2D eigenvalue weighted by atomic mass is 32.2. The van der Waals surface area contributed by atoms with Crippen molar-refractivity contribution >= 4 is 10.0 Å². The Kier molecular flexibility index (Phi) is 4.53. The molecule has 2 atom stereocenters. The second-order valence-electron chi connectivity index (χ2n) is 6.03. The fourth-order valence-corrected chi connectivity index (χ4v) is 4.68. The fourth-order valence-electron chi connectivity index (χ4n) is 3.04. The first kappa shape index (κ1) is 16.2. The zero-order valence-electron chi connectivity index (χ0n) is 13.1. The van der Waals surface area contributed by atoms with E-state index in [0.717, 1.165) is 11.1 Å². The van der Waals surface area contributed by atoms with Gasteiger partial charge in [0.1, 0.15) is 0 Å². The van der Waals surface area contributed by atoms with Crippen LogP contribution in [-0.2, 0) is 10.0 Å². The SMILES string of the molecule is Cc1ccc(S(=O)(=O)N2CC[C@H](O)C[C@H]2c2ccccc2)cc1. The highest BCUT2D eigenvalue weighted by molar-refractivity contribution is 7.89. The van der Waals surface area contributed by atoms with Crippen molar-refractivity contribution < 1.29 is 13.5 Å². The Labute approximate surface area is 137 Å². The molecule has 2 aromatic rings. The third-order valence-electron chi connectivity index (χ3n) is 4.34. The van der Waals surface area contributed by atoms with Gasteiger partial charge in [-0.05, 0) is 37.5 Å². The lowest BCUT2D eigenvalue weighted by Crippen LogP contribution is -2.42. The summed E-state index contributed by atoms with van der Waals surface area (Å²) in [6.07, 6.45) is 0.424. The molecule has 0 spiro atoms. The van der Waals surface area contributed by atoms with Gasteiger partial charge in [0.25, 0.3) is 0 Å². The molecular formula is C18H21NO3S. The number of rotatable bonds is 3. The summed E-state index contributed by atoms with van der Waals surface area (Å²) in [5.74, 6) is 0. The first-order valence-corrected chi connectivity index (χ1v) is 9.24. The third kappa shape index (κ3) is 3.32. The molecular weight excluding hydrogens is 310 g/mol. The monoisotopic (exact) mass is 331 g/mol. The van der Waals surface area contributed by atoms with Crippen LogP contribution in [0.2, 0.25) is 0 Å². The van der Waals surface area contributed by atoms with Crippen molar-refractivity contribution in [2.75, 3.05) is 6.54 Å². The number of aliphatic hydroxyl groups excluding tert-OH is 1. The molecule has 0 bridgehead atoms. The highest BCUT2D eigenvalue weighted by Crippen LogP contribution is 2.35. The van der Waals surface area contributed by atoms with Crippen LogP contribution in [0.15, 0.2) is 59.5 Å². The third-order valence-corrected chi connectivity index (χ3v) is 6.26. The van der Waals surface area contributed by atoms with Crippen molar-refractivity contribution in [3.05, 3.63) is 65.7 Å². The van der Waals surface area contributed by atoms with Crippen molar-refractivity contribution in [3.63, 3.8) is 0 Å². The van der Waals surface area contributed by atoms with Gasteiger partial charge in [-0.2, -0.15) is 4.31 Å². The van der Waals surface area contributed by atoms with E-state index in [2.05, 4.69) is 0 Å². The van der Waals surface area contributed by atoms with Crippen LogP contribution in [0.3, 0.4) is 0 Å². The largest absolute Gasteiger partial charge is 0.393 e. The van der Waals surface area contributed by atoms with Gasteiger partial charge in [0.15, 0.2) is 0 Å². The minimum atomic E-state index is -3.58. The molecule has 23 heavy (non-hydrogen) atoms. The zero-order chi connectivity index (χ0) is 16.4. The smallest absolute Gasteiger partial charge is 0.243 e. The van der Waals surface area contributed by atoms with E-state index in [-0.39, 0.29) is 6.04 Å². The van der Waals surface area contributed by atoms with E-state index in [0.29, 0.717) is 24.3 Å². The van der Waals surface area contributed by atoms with E-state index in [1.165, 1.54) is 4.31 Å². The molecule has 5 heteroatoms. The molecule has 0 saturated carbocycles. The number of sulfonamides is 1. The Morgan fingerprint density at radius 2 is 1.70 bits per heavy atom. The van der Waals surface area contributed by atoms with Crippen molar-refractivity contribution in [2.24, 2.45) is 0 Å². The number of aliphatic hydroxyl groups is 1. The van der Waals surface area contributed by atoms with Crippen LogP contribution in [-0.4, -0.2) is 30.5 Å². The lowest BCUT2D eigenvalue weighted by Gasteiger charge is -2.37. The molecule has 1 aliphatic rings. The van der Waals surface area contributed by atoms with Crippen molar-refractivity contribution in [2.45, 2.75) is 36.8 Å². The Bertz CT molecular complexity index is 757. The predicted octanol–water partition coefficient (Wildman–Crippen LogP) is 2.88. The minimum Gasteiger partial charge on any atom is -0.393 e. The topological polar surface area (TPSA) is 57.6 Å². The quantitative estimate of drug-likeness (QED) is 0.941. The number of hydrogen-bond donors (Lipinski definition) is 1. The van der Waals surface area contributed by atoms with Gasteiger partial charge >= 0.3 is 0 Å². The maximum atomic E-state index is 13.0. The number of benzene rings is 2. The summed E-state index contributed by atoms with van der Waals surface area (Å²) in [6.45, 7) is 2.26. The molecule has 1 fully saturated rings. The molecule has 3 rings (SSSR count). The van der Waals surface area contributed by atoms with Crippen LogP contribution in [0.4, 0.5) is 0 Å². The first-order chi connectivity index (χ1) is 11.0. The molecule has 0 amide bonds. The molecule has 1 heterocycles. The maximum Gasteiger partial charge on any atom is 0.243 e. The second kappa shape index (κ2) is 6.43. The molecule has 0 aliphatic carbocycles. The van der Waals surface area contributed by atoms with E-state index in [1.807, 2.05) is 49.4 Å². The predicted molar refractivity (Wildman–Crippen MR) is 89.5 cm³/mol. The summed E-state index contributed by atoms with van der Waals surface area (Å²) in [4.78, 5) is 0.306. The number of aryl methyl sites for hydroxylation is 1. The van der Waals surface area contributed by atoms with E-state index >= 15 is 0 Å². The van der Waals surface area contributed by atoms with Crippen LogP contribution in [0, 0.1) is 6.92 Å². The fraction of sp³-hybridized carbons (Fsp3) is 0.333. The van der Waals surface area contributed by atoms with E-state index in [9.17, 15) is 13.5 Å². The molecule has 1 aliphatic heterocycles. The Hall–Kier alpha value is -1.69. The van der Waals surface area contributed by atoms with Crippen LogP contribution in [0.5, 0.6) is 0 Å². The Balaban J connectivity index is 1.99. The van der Waals surface area contributed by atoms with Gasteiger partial charge in [-0.1, -0.05) is 48.0 Å². The summed E-state index contributed by atoms with van der Waals surface area (Å²) in [7, 11) is -3.58. The number of nitrogens with zero attached hydrogens (tertiary/aromatic N) is 1. The van der Waals surface area contributed by atoms with Crippen LogP contribution in [0.25, 0.3) is 0 Å². The van der Waals surface area contributed by atoms with Gasteiger partial charge < -0.3 is 5.11 Å². The second-order valence-corrected chi connectivity index (χ2v) is 7.92. The molecule has 0 radical (unpaired) electrons. The number of hydrogen-bond acceptors (Lipinski definition) is 3. The van der Waals surface area contributed by atoms with E-state index in [4.69, 9.17) is 0 Å². The molecule has 0 aromatic heterocycles. The normalized spacial score (nSPS) is 22.9. The van der Waals surface area contributed by atoms with Crippen LogP contribution in [0.1, 0.15) is 30.0 Å². The lowest BCUT2D eigenvalue weighted by atomic mass is 9.96. The average Bonchev–Trinajstić information content (AvgIpc) is 2.56. The Morgan fingerprint density at radius 1 is 1.04 bits per heavy atom. The summed E-state index contributed by atoms with van der Waals surface area (Å²) in [5.41, 5.74) is 1.94. The maximum absolute atomic E-state index is 13.0. The van der Waals surface area contributed by atoms with Gasteiger partial charge in [-0.15, -0.1) is 0 Å². The zero-order valence-corrected chi connectivity index (χ0v) is 13.9. The highest BCUT2D eigenvalue weighted by Gasteiger charge is 2.37. The summed E-state index contributed by atoms with van der Waals surface area (Å²) in [5, 5.41) is 10.0. The molecule has 4 nitrogen and oxygen atoms in total. The lowest BCUT2D eigenvalue weighted by molar-refractivity contribution is 0.0808. The van der Waals surface area contributed by atoms with Gasteiger partial charge in [-0.3, -0.25) is 0 Å². The summed E-state index contributed by atoms with van der Waals surface area (Å²) < 4.78 is 27.6. The molecule has 122 valence electrons. The summed E-state index contributed by atoms with van der Waals surface area (Å²) in [6, 6.07) is 16.1. The number of piperidine rings is 1. The Morgan fingerprint density at radius 3 is 2.35 bits per heavy atom. The van der Waals surface area contributed by atoms with Crippen molar-refractivity contribution in [3.8, 4) is 0 Å².